The second-order valence-corrected chi connectivity index (χ2v) is 6.33. The molecule has 1 N–H and O–H groups in total. The first kappa shape index (κ1) is 18.2. The first-order chi connectivity index (χ1) is 11.3. The van der Waals surface area contributed by atoms with Gasteiger partial charge in [-0.05, 0) is 37.2 Å². The van der Waals surface area contributed by atoms with E-state index in [4.69, 9.17) is 4.74 Å². The van der Waals surface area contributed by atoms with Crippen LogP contribution in [0.15, 0.2) is 24.3 Å². The molecular weight excluding hydrogens is 286 g/mol. The number of methoxy groups -OCH3 is 1. The van der Waals surface area contributed by atoms with E-state index in [0.29, 0.717) is 6.04 Å². The van der Waals surface area contributed by atoms with E-state index in [1.54, 1.807) is 7.11 Å². The predicted molar refractivity (Wildman–Crippen MR) is 97.2 cm³/mol. The van der Waals surface area contributed by atoms with Crippen LogP contribution >= 0.6 is 0 Å². The first-order valence-electron chi connectivity index (χ1n) is 9.09. The van der Waals surface area contributed by atoms with Crippen LogP contribution in [0.25, 0.3) is 0 Å². The van der Waals surface area contributed by atoms with Gasteiger partial charge in [0.25, 0.3) is 0 Å². The summed E-state index contributed by atoms with van der Waals surface area (Å²) in [4.78, 5) is 5.22. The van der Waals surface area contributed by atoms with Crippen molar-refractivity contribution in [2.45, 2.75) is 32.7 Å². The molecule has 1 aliphatic heterocycles. The third-order valence-corrected chi connectivity index (χ3v) is 4.77. The van der Waals surface area contributed by atoms with Gasteiger partial charge in [0.2, 0.25) is 0 Å². The van der Waals surface area contributed by atoms with Crippen LogP contribution in [0.5, 0.6) is 5.75 Å². The van der Waals surface area contributed by atoms with Crippen LogP contribution < -0.4 is 10.1 Å². The Kier molecular flexibility index (Phi) is 7.86. The van der Waals surface area contributed by atoms with E-state index in [9.17, 15) is 0 Å². The van der Waals surface area contributed by atoms with Gasteiger partial charge in [-0.1, -0.05) is 32.4 Å². The molecule has 1 heterocycles. The highest BCUT2D eigenvalue weighted by Crippen LogP contribution is 2.26. The van der Waals surface area contributed by atoms with E-state index < -0.39 is 0 Å². The van der Waals surface area contributed by atoms with E-state index in [2.05, 4.69) is 47.2 Å². The summed E-state index contributed by atoms with van der Waals surface area (Å²) in [5.74, 6) is 0.958. The molecule has 0 bridgehead atoms. The molecule has 0 spiro atoms. The molecule has 0 radical (unpaired) electrons. The summed E-state index contributed by atoms with van der Waals surface area (Å²) in [6.45, 7) is 12.4. The topological polar surface area (TPSA) is 27.7 Å². The molecule has 23 heavy (non-hydrogen) atoms. The number of ether oxygens (including phenoxy) is 1. The van der Waals surface area contributed by atoms with Crippen molar-refractivity contribution in [2.75, 3.05) is 52.9 Å². The molecule has 1 saturated heterocycles. The summed E-state index contributed by atoms with van der Waals surface area (Å²) >= 11 is 0. The standard InChI is InChI=1S/C19H33N3O/c1-4-6-12-22(5-2)19(16-21-13-10-20-11-14-21)17-8-7-9-18(15-17)23-3/h7-9,15,19-20H,4-6,10-14,16H2,1-3H3. The fourth-order valence-corrected chi connectivity index (χ4v) is 3.31. The van der Waals surface area contributed by atoms with E-state index in [-0.39, 0.29) is 0 Å². The van der Waals surface area contributed by atoms with Crippen molar-refractivity contribution in [3.63, 3.8) is 0 Å². The minimum absolute atomic E-state index is 0.444. The summed E-state index contributed by atoms with van der Waals surface area (Å²) in [6, 6.07) is 9.06. The van der Waals surface area contributed by atoms with Gasteiger partial charge in [0, 0.05) is 38.8 Å². The zero-order chi connectivity index (χ0) is 16.5. The molecule has 4 nitrogen and oxygen atoms in total. The fraction of sp³-hybridized carbons (Fsp3) is 0.684. The Morgan fingerprint density at radius 3 is 2.70 bits per heavy atom. The van der Waals surface area contributed by atoms with E-state index in [0.717, 1.165) is 45.0 Å². The highest BCUT2D eigenvalue weighted by Gasteiger charge is 2.23. The van der Waals surface area contributed by atoms with Crippen LogP contribution in [0.4, 0.5) is 0 Å². The summed E-state index contributed by atoms with van der Waals surface area (Å²) in [6.07, 6.45) is 2.50. The average Bonchev–Trinajstić information content (AvgIpc) is 2.62. The minimum Gasteiger partial charge on any atom is -0.497 e. The SMILES string of the molecule is CCCCN(CC)C(CN1CCNCC1)c1cccc(OC)c1. The van der Waals surface area contributed by atoms with Gasteiger partial charge in [-0.15, -0.1) is 0 Å². The van der Waals surface area contributed by atoms with E-state index in [1.807, 2.05) is 6.07 Å². The number of likely N-dealkylation sites (N-methyl/N-ethyl adjacent to an activating group) is 1. The second kappa shape index (κ2) is 9.91. The molecule has 1 aromatic rings. The van der Waals surface area contributed by atoms with Crippen LogP contribution in [0.3, 0.4) is 0 Å². The minimum atomic E-state index is 0.444. The van der Waals surface area contributed by atoms with Crippen LogP contribution in [0.2, 0.25) is 0 Å². The van der Waals surface area contributed by atoms with Gasteiger partial charge >= 0.3 is 0 Å². The zero-order valence-electron chi connectivity index (χ0n) is 15.1. The van der Waals surface area contributed by atoms with Gasteiger partial charge < -0.3 is 10.1 Å². The monoisotopic (exact) mass is 319 g/mol. The van der Waals surface area contributed by atoms with Gasteiger partial charge in [0.15, 0.2) is 0 Å². The molecule has 1 atom stereocenters. The molecule has 0 aromatic heterocycles. The van der Waals surface area contributed by atoms with Gasteiger partial charge in [-0.25, -0.2) is 0 Å². The first-order valence-corrected chi connectivity index (χ1v) is 9.09. The average molecular weight is 319 g/mol. The van der Waals surface area contributed by atoms with Crippen molar-refractivity contribution in [1.29, 1.82) is 0 Å². The maximum absolute atomic E-state index is 5.45. The number of nitrogens with one attached hydrogen (secondary N) is 1. The zero-order valence-corrected chi connectivity index (χ0v) is 15.1. The van der Waals surface area contributed by atoms with Crippen molar-refractivity contribution >= 4 is 0 Å². The van der Waals surface area contributed by atoms with Crippen LogP contribution in [-0.4, -0.2) is 62.7 Å². The smallest absolute Gasteiger partial charge is 0.119 e. The van der Waals surface area contributed by atoms with Crippen LogP contribution in [0.1, 0.15) is 38.3 Å². The lowest BCUT2D eigenvalue weighted by Crippen LogP contribution is -2.47. The molecule has 4 heteroatoms. The predicted octanol–water partition coefficient (Wildman–Crippen LogP) is 2.76. The highest BCUT2D eigenvalue weighted by molar-refractivity contribution is 5.31. The Morgan fingerprint density at radius 2 is 2.04 bits per heavy atom. The maximum Gasteiger partial charge on any atom is 0.119 e. The summed E-state index contributed by atoms with van der Waals surface area (Å²) in [7, 11) is 1.75. The lowest BCUT2D eigenvalue weighted by molar-refractivity contribution is 0.132. The van der Waals surface area contributed by atoms with E-state index >= 15 is 0 Å². The van der Waals surface area contributed by atoms with Crippen molar-refractivity contribution in [2.24, 2.45) is 0 Å². The second-order valence-electron chi connectivity index (χ2n) is 6.33. The number of hydrogen-bond acceptors (Lipinski definition) is 4. The Balaban J connectivity index is 2.17. The number of piperazine rings is 1. The molecule has 1 unspecified atom stereocenters. The number of hydrogen-bond donors (Lipinski definition) is 1. The molecule has 2 rings (SSSR count). The quantitative estimate of drug-likeness (QED) is 0.757. The Labute approximate surface area is 141 Å². The molecule has 0 aliphatic carbocycles. The fourth-order valence-electron chi connectivity index (χ4n) is 3.31. The number of rotatable bonds is 9. The Morgan fingerprint density at radius 1 is 1.26 bits per heavy atom. The number of unbranched alkanes of at least 4 members (excludes halogenated alkanes) is 1. The van der Waals surface area contributed by atoms with Gasteiger partial charge in [-0.2, -0.15) is 0 Å². The molecule has 1 aromatic carbocycles. The van der Waals surface area contributed by atoms with Crippen LogP contribution in [0, 0.1) is 0 Å². The molecule has 1 aliphatic rings. The molecule has 0 saturated carbocycles. The third-order valence-electron chi connectivity index (χ3n) is 4.77. The summed E-state index contributed by atoms with van der Waals surface area (Å²) in [5.41, 5.74) is 1.38. The molecule has 130 valence electrons. The van der Waals surface area contributed by atoms with E-state index in [1.165, 1.54) is 24.9 Å². The lowest BCUT2D eigenvalue weighted by Gasteiger charge is -2.37. The van der Waals surface area contributed by atoms with Gasteiger partial charge in [0.05, 0.1) is 7.11 Å². The Bertz CT molecular complexity index is 446. The maximum atomic E-state index is 5.45. The Hall–Kier alpha value is -1.10. The van der Waals surface area contributed by atoms with Crippen molar-refractivity contribution in [1.82, 2.24) is 15.1 Å². The van der Waals surface area contributed by atoms with Crippen LogP contribution in [-0.2, 0) is 0 Å². The van der Waals surface area contributed by atoms with Crippen molar-refractivity contribution in [3.05, 3.63) is 29.8 Å². The van der Waals surface area contributed by atoms with Crippen molar-refractivity contribution in [3.8, 4) is 5.75 Å². The normalized spacial score (nSPS) is 17.4. The molecule has 1 fully saturated rings. The third kappa shape index (κ3) is 5.48. The summed E-state index contributed by atoms with van der Waals surface area (Å²) < 4.78 is 5.45. The van der Waals surface area contributed by atoms with Crippen molar-refractivity contribution < 1.29 is 4.74 Å². The number of nitrogens with zero attached hydrogens (tertiary/aromatic N) is 2. The largest absolute Gasteiger partial charge is 0.497 e. The highest BCUT2D eigenvalue weighted by atomic mass is 16.5. The van der Waals surface area contributed by atoms with Gasteiger partial charge in [0.1, 0.15) is 5.75 Å². The summed E-state index contributed by atoms with van der Waals surface area (Å²) in [5, 5.41) is 3.45. The van der Waals surface area contributed by atoms with Gasteiger partial charge in [-0.3, -0.25) is 9.80 Å². The number of benzene rings is 1. The molecule has 0 amide bonds. The molecular formula is C19H33N3O. The lowest BCUT2D eigenvalue weighted by atomic mass is 10.0.